The summed E-state index contributed by atoms with van der Waals surface area (Å²) >= 11 is 9.16. The highest BCUT2D eigenvalue weighted by Gasteiger charge is 2.13. The molecule has 27 heavy (non-hydrogen) atoms. The van der Waals surface area contributed by atoms with Gasteiger partial charge < -0.3 is 9.73 Å². The smallest absolute Gasteiger partial charge is 0.255 e. The molecule has 0 radical (unpaired) electrons. The Morgan fingerprint density at radius 3 is 2.56 bits per heavy atom. The molecule has 0 aliphatic carbocycles. The number of aromatic nitrogens is 1. The van der Waals surface area contributed by atoms with E-state index in [9.17, 15) is 4.79 Å². The number of carbonyl (C=O) groups is 1. The van der Waals surface area contributed by atoms with Crippen molar-refractivity contribution < 1.29 is 9.21 Å². The number of benzene rings is 3. The second-order valence-electron chi connectivity index (χ2n) is 5.79. The second kappa shape index (κ2) is 7.73. The van der Waals surface area contributed by atoms with E-state index in [1.165, 1.54) is 0 Å². The fourth-order valence-corrected chi connectivity index (χ4v) is 3.76. The third-order valence-corrected chi connectivity index (χ3v) is 5.80. The molecule has 0 aliphatic heterocycles. The predicted molar refractivity (Wildman–Crippen MR) is 122 cm³/mol. The summed E-state index contributed by atoms with van der Waals surface area (Å²) in [5.41, 5.74) is 3.49. The van der Waals surface area contributed by atoms with Crippen LogP contribution in [-0.2, 0) is 0 Å². The summed E-state index contributed by atoms with van der Waals surface area (Å²) < 4.78 is 8.82. The first-order valence-corrected chi connectivity index (χ1v) is 10.6. The van der Waals surface area contributed by atoms with Gasteiger partial charge >= 0.3 is 0 Å². The number of rotatable bonds is 3. The molecule has 0 fully saturated rings. The number of carbonyl (C=O) groups excluding carboxylic acids is 1. The first-order chi connectivity index (χ1) is 13.0. The Bertz CT molecular complexity index is 1160. The average molecular weight is 598 g/mol. The van der Waals surface area contributed by atoms with Crippen LogP contribution in [0.5, 0.6) is 0 Å². The Morgan fingerprint density at radius 2 is 1.78 bits per heavy atom. The molecular formula is C20H11Br2IN2O2. The molecule has 4 nitrogen and oxygen atoms in total. The minimum absolute atomic E-state index is 0.175. The van der Waals surface area contributed by atoms with Crippen molar-refractivity contribution in [2.75, 3.05) is 5.32 Å². The van der Waals surface area contributed by atoms with Crippen LogP contribution in [0.2, 0.25) is 0 Å². The van der Waals surface area contributed by atoms with E-state index in [0.717, 1.165) is 18.1 Å². The van der Waals surface area contributed by atoms with Crippen LogP contribution in [0, 0.1) is 3.57 Å². The molecule has 4 aromatic rings. The average Bonchev–Trinajstić information content (AvgIpc) is 3.07. The number of nitrogens with zero attached hydrogens (tertiary/aromatic N) is 1. The topological polar surface area (TPSA) is 55.1 Å². The minimum atomic E-state index is -0.175. The first kappa shape index (κ1) is 18.6. The van der Waals surface area contributed by atoms with Crippen molar-refractivity contribution in [2.45, 2.75) is 0 Å². The van der Waals surface area contributed by atoms with E-state index in [1.54, 1.807) is 24.3 Å². The normalized spacial score (nSPS) is 10.9. The third-order valence-electron chi connectivity index (χ3n) is 3.91. The number of fused-ring (bicyclic) bond motifs is 1. The second-order valence-corrected chi connectivity index (χ2v) is 8.80. The molecule has 0 saturated carbocycles. The summed E-state index contributed by atoms with van der Waals surface area (Å²) in [5, 5.41) is 2.89. The predicted octanol–water partition coefficient (Wildman–Crippen LogP) is 6.88. The van der Waals surface area contributed by atoms with Crippen LogP contribution in [0.4, 0.5) is 5.69 Å². The lowest BCUT2D eigenvalue weighted by Gasteiger charge is -2.05. The van der Waals surface area contributed by atoms with Gasteiger partial charge in [0.05, 0.1) is 5.56 Å². The van der Waals surface area contributed by atoms with Gasteiger partial charge in [-0.2, -0.15) is 0 Å². The summed E-state index contributed by atoms with van der Waals surface area (Å²) in [5.74, 6) is 0.359. The van der Waals surface area contributed by atoms with Crippen molar-refractivity contribution in [3.05, 3.63) is 78.7 Å². The number of halogens is 3. The van der Waals surface area contributed by atoms with Crippen molar-refractivity contribution in [3.63, 3.8) is 0 Å². The van der Waals surface area contributed by atoms with Gasteiger partial charge in [-0.3, -0.25) is 4.79 Å². The molecule has 1 heterocycles. The van der Waals surface area contributed by atoms with E-state index >= 15 is 0 Å². The van der Waals surface area contributed by atoms with Gasteiger partial charge in [-0.25, -0.2) is 4.98 Å². The number of hydrogen-bond acceptors (Lipinski definition) is 3. The van der Waals surface area contributed by atoms with Crippen LogP contribution in [-0.4, -0.2) is 10.9 Å². The van der Waals surface area contributed by atoms with E-state index in [2.05, 4.69) is 64.8 Å². The maximum Gasteiger partial charge on any atom is 0.255 e. The summed E-state index contributed by atoms with van der Waals surface area (Å²) in [4.78, 5) is 17.0. The number of anilines is 1. The van der Waals surface area contributed by atoms with Crippen molar-refractivity contribution in [2.24, 2.45) is 0 Å². The number of hydrogen-bond donors (Lipinski definition) is 1. The first-order valence-electron chi connectivity index (χ1n) is 7.92. The van der Waals surface area contributed by atoms with E-state index < -0.39 is 0 Å². The molecule has 0 aliphatic rings. The Labute approximate surface area is 185 Å². The van der Waals surface area contributed by atoms with Crippen molar-refractivity contribution in [3.8, 4) is 11.5 Å². The lowest BCUT2D eigenvalue weighted by molar-refractivity contribution is 0.102. The van der Waals surface area contributed by atoms with E-state index in [1.807, 2.05) is 36.4 Å². The minimum Gasteiger partial charge on any atom is -0.436 e. The molecule has 0 bridgehead atoms. The fraction of sp³-hybridized carbons (Fsp3) is 0. The number of nitrogens with one attached hydrogen (secondary N) is 1. The van der Waals surface area contributed by atoms with Gasteiger partial charge in [0.1, 0.15) is 5.52 Å². The lowest BCUT2D eigenvalue weighted by atomic mass is 10.2. The zero-order chi connectivity index (χ0) is 19.0. The summed E-state index contributed by atoms with van der Waals surface area (Å²) in [6.07, 6.45) is 0. The van der Waals surface area contributed by atoms with Gasteiger partial charge in [-0.05, 0) is 99.2 Å². The van der Waals surface area contributed by atoms with Crippen LogP contribution in [0.25, 0.3) is 22.6 Å². The largest absolute Gasteiger partial charge is 0.436 e. The van der Waals surface area contributed by atoms with Crippen LogP contribution in [0.1, 0.15) is 10.4 Å². The standard InChI is InChI=1S/C20H11Br2IN2O2/c21-12-3-1-11(2-4-12)19(26)24-14-6-8-18-17(10-14)25-20(27-18)15-9-13(23)5-7-16(15)22/h1-10H,(H,24,26). The molecule has 0 saturated heterocycles. The van der Waals surface area contributed by atoms with E-state index in [4.69, 9.17) is 4.42 Å². The van der Waals surface area contributed by atoms with Crippen molar-refractivity contribution >= 4 is 77.1 Å². The summed E-state index contributed by atoms with van der Waals surface area (Å²) in [6, 6.07) is 18.6. The van der Waals surface area contributed by atoms with Gasteiger partial charge in [0, 0.05) is 23.8 Å². The molecule has 3 aromatic carbocycles. The molecule has 0 atom stereocenters. The molecule has 0 spiro atoms. The quantitative estimate of drug-likeness (QED) is 0.262. The highest BCUT2D eigenvalue weighted by molar-refractivity contribution is 14.1. The molecule has 7 heteroatoms. The van der Waals surface area contributed by atoms with Crippen molar-refractivity contribution in [1.29, 1.82) is 0 Å². The molecule has 1 amide bonds. The van der Waals surface area contributed by atoms with Crippen molar-refractivity contribution in [1.82, 2.24) is 4.98 Å². The van der Waals surface area contributed by atoms with E-state index in [-0.39, 0.29) is 5.91 Å². The summed E-state index contributed by atoms with van der Waals surface area (Å²) in [6.45, 7) is 0. The zero-order valence-corrected chi connectivity index (χ0v) is 19.0. The van der Waals surface area contributed by atoms with E-state index in [0.29, 0.717) is 28.2 Å². The highest BCUT2D eigenvalue weighted by Crippen LogP contribution is 2.32. The Kier molecular flexibility index (Phi) is 5.34. The third kappa shape index (κ3) is 4.09. The maximum atomic E-state index is 12.4. The van der Waals surface area contributed by atoms with Gasteiger partial charge in [-0.1, -0.05) is 15.9 Å². The monoisotopic (exact) mass is 596 g/mol. The summed E-state index contributed by atoms with van der Waals surface area (Å²) in [7, 11) is 0. The molecule has 0 unspecified atom stereocenters. The molecular weight excluding hydrogens is 587 g/mol. The number of amides is 1. The SMILES string of the molecule is O=C(Nc1ccc2oc(-c3cc(I)ccc3Br)nc2c1)c1ccc(Br)cc1. The van der Waals surface area contributed by atoms with Crippen LogP contribution in [0.15, 0.2) is 74.0 Å². The van der Waals surface area contributed by atoms with Crippen LogP contribution in [0.3, 0.4) is 0 Å². The molecule has 4 rings (SSSR count). The highest BCUT2D eigenvalue weighted by atomic mass is 127. The number of oxazole rings is 1. The molecule has 1 N–H and O–H groups in total. The lowest BCUT2D eigenvalue weighted by Crippen LogP contribution is -2.11. The zero-order valence-electron chi connectivity index (χ0n) is 13.7. The van der Waals surface area contributed by atoms with Gasteiger partial charge in [0.2, 0.25) is 5.89 Å². The Balaban J connectivity index is 1.64. The van der Waals surface area contributed by atoms with Crippen LogP contribution >= 0.6 is 54.5 Å². The maximum absolute atomic E-state index is 12.4. The Hall–Kier alpha value is -1.71. The molecule has 134 valence electrons. The van der Waals surface area contributed by atoms with Gasteiger partial charge in [0.25, 0.3) is 5.91 Å². The van der Waals surface area contributed by atoms with Gasteiger partial charge in [-0.15, -0.1) is 0 Å². The van der Waals surface area contributed by atoms with Gasteiger partial charge in [0.15, 0.2) is 5.58 Å². The van der Waals surface area contributed by atoms with Crippen LogP contribution < -0.4 is 5.32 Å². The fourth-order valence-electron chi connectivity index (χ4n) is 2.59. The Morgan fingerprint density at radius 1 is 1.00 bits per heavy atom. The molecule has 1 aromatic heterocycles.